The third kappa shape index (κ3) is 3.46. The largest absolute Gasteiger partial charge is 0.479 e. The van der Waals surface area contributed by atoms with Crippen LogP contribution < -0.4 is 10.1 Å². The van der Waals surface area contributed by atoms with Crippen LogP contribution in [0.3, 0.4) is 0 Å². The number of hydrogen-bond acceptors (Lipinski definition) is 5. The van der Waals surface area contributed by atoms with Gasteiger partial charge in [-0.05, 0) is 18.6 Å². The first-order valence-electron chi connectivity index (χ1n) is 7.44. The smallest absolute Gasteiger partial charge is 0.258 e. The van der Waals surface area contributed by atoms with Crippen molar-refractivity contribution in [1.82, 2.24) is 20.1 Å². The van der Waals surface area contributed by atoms with Gasteiger partial charge in [-0.25, -0.2) is 4.98 Å². The van der Waals surface area contributed by atoms with E-state index in [9.17, 15) is 4.79 Å². The SMILES string of the molecule is COc1nn(C)cc1C(=O)NCc1cccc(-c2csc(C)n2)c1. The van der Waals surface area contributed by atoms with E-state index in [1.165, 1.54) is 7.11 Å². The Kier molecular flexibility index (Phi) is 4.61. The van der Waals surface area contributed by atoms with E-state index >= 15 is 0 Å². The number of aryl methyl sites for hydroxylation is 2. The van der Waals surface area contributed by atoms with Crippen molar-refractivity contribution in [2.24, 2.45) is 7.05 Å². The van der Waals surface area contributed by atoms with E-state index in [4.69, 9.17) is 4.74 Å². The number of hydrogen-bond donors (Lipinski definition) is 1. The Bertz CT molecular complexity index is 869. The lowest BCUT2D eigenvalue weighted by Crippen LogP contribution is -2.22. The summed E-state index contributed by atoms with van der Waals surface area (Å²) in [7, 11) is 3.25. The Morgan fingerprint density at radius 3 is 2.96 bits per heavy atom. The van der Waals surface area contributed by atoms with Crippen molar-refractivity contribution in [3.8, 4) is 17.1 Å². The molecule has 0 aliphatic carbocycles. The molecule has 0 spiro atoms. The molecule has 0 unspecified atom stereocenters. The van der Waals surface area contributed by atoms with Crippen molar-refractivity contribution in [1.29, 1.82) is 0 Å². The number of benzene rings is 1. The summed E-state index contributed by atoms with van der Waals surface area (Å²) in [5, 5.41) is 10.1. The van der Waals surface area contributed by atoms with E-state index in [0.29, 0.717) is 18.0 Å². The summed E-state index contributed by atoms with van der Waals surface area (Å²) in [6, 6.07) is 8.00. The molecule has 6 nitrogen and oxygen atoms in total. The maximum absolute atomic E-state index is 12.3. The van der Waals surface area contributed by atoms with Crippen LogP contribution >= 0.6 is 11.3 Å². The first kappa shape index (κ1) is 16.2. The highest BCUT2D eigenvalue weighted by molar-refractivity contribution is 7.09. The number of methoxy groups -OCH3 is 1. The van der Waals surface area contributed by atoms with Crippen LogP contribution in [0, 0.1) is 6.92 Å². The van der Waals surface area contributed by atoms with Crippen molar-refractivity contribution in [3.05, 3.63) is 52.0 Å². The van der Waals surface area contributed by atoms with Crippen molar-refractivity contribution >= 4 is 17.2 Å². The molecule has 2 heterocycles. The van der Waals surface area contributed by atoms with Crippen LogP contribution in [0.4, 0.5) is 0 Å². The second-order valence-corrected chi connectivity index (χ2v) is 6.42. The van der Waals surface area contributed by atoms with Gasteiger partial charge in [-0.1, -0.05) is 18.2 Å². The number of nitrogens with zero attached hydrogens (tertiary/aromatic N) is 3. The fourth-order valence-electron chi connectivity index (χ4n) is 2.39. The summed E-state index contributed by atoms with van der Waals surface area (Å²) >= 11 is 1.62. The molecule has 24 heavy (non-hydrogen) atoms. The lowest BCUT2D eigenvalue weighted by molar-refractivity contribution is 0.0948. The molecule has 0 fully saturated rings. The predicted molar refractivity (Wildman–Crippen MR) is 93.2 cm³/mol. The third-order valence-corrected chi connectivity index (χ3v) is 4.30. The molecular formula is C17H18N4O2S. The Balaban J connectivity index is 1.71. The molecule has 3 rings (SSSR count). The quantitative estimate of drug-likeness (QED) is 0.774. The summed E-state index contributed by atoms with van der Waals surface area (Å²) in [5.74, 6) is 0.108. The van der Waals surface area contributed by atoms with Gasteiger partial charge in [0.25, 0.3) is 5.91 Å². The molecule has 0 saturated heterocycles. The third-order valence-electron chi connectivity index (χ3n) is 3.53. The Morgan fingerprint density at radius 2 is 2.25 bits per heavy atom. The summed E-state index contributed by atoms with van der Waals surface area (Å²) in [5.41, 5.74) is 3.44. The number of aromatic nitrogens is 3. The number of amides is 1. The van der Waals surface area contributed by atoms with Crippen LogP contribution in [-0.2, 0) is 13.6 Å². The molecule has 3 aromatic rings. The van der Waals surface area contributed by atoms with Crippen molar-refractivity contribution in [2.75, 3.05) is 7.11 Å². The molecule has 0 radical (unpaired) electrons. The van der Waals surface area contributed by atoms with Crippen molar-refractivity contribution in [3.63, 3.8) is 0 Å². The maximum atomic E-state index is 12.3. The zero-order valence-electron chi connectivity index (χ0n) is 13.7. The van der Waals surface area contributed by atoms with Crippen LogP contribution in [-0.4, -0.2) is 27.8 Å². The Labute approximate surface area is 144 Å². The normalized spacial score (nSPS) is 10.6. The molecule has 0 bridgehead atoms. The van der Waals surface area contributed by atoms with Gasteiger partial charge in [0.1, 0.15) is 5.56 Å². The molecule has 1 N–H and O–H groups in total. The summed E-state index contributed by atoms with van der Waals surface area (Å²) in [6.45, 7) is 2.41. The molecule has 1 aromatic carbocycles. The van der Waals surface area contributed by atoms with Gasteiger partial charge in [-0.3, -0.25) is 9.48 Å². The van der Waals surface area contributed by atoms with Gasteiger partial charge in [0, 0.05) is 30.7 Å². The van der Waals surface area contributed by atoms with E-state index in [2.05, 4.69) is 15.4 Å². The Morgan fingerprint density at radius 1 is 1.42 bits per heavy atom. The van der Waals surface area contributed by atoms with Gasteiger partial charge in [0.05, 0.1) is 17.8 Å². The van der Waals surface area contributed by atoms with Crippen LogP contribution in [0.5, 0.6) is 5.88 Å². The standard InChI is InChI=1S/C17H18N4O2S/c1-11-19-15(10-24-11)13-6-4-5-12(7-13)8-18-16(22)14-9-21(2)20-17(14)23-3/h4-7,9-10H,8H2,1-3H3,(H,18,22). The van der Waals surface area contributed by atoms with Crippen LogP contribution in [0.25, 0.3) is 11.3 Å². The number of rotatable bonds is 5. The maximum Gasteiger partial charge on any atom is 0.258 e. The molecular weight excluding hydrogens is 324 g/mol. The number of carbonyl (C=O) groups is 1. The first-order valence-corrected chi connectivity index (χ1v) is 8.32. The van der Waals surface area contributed by atoms with E-state index < -0.39 is 0 Å². The molecule has 0 aliphatic heterocycles. The second-order valence-electron chi connectivity index (χ2n) is 5.36. The van der Waals surface area contributed by atoms with E-state index in [1.54, 1.807) is 29.3 Å². The molecule has 0 saturated carbocycles. The van der Waals surface area contributed by atoms with Crippen LogP contribution in [0.15, 0.2) is 35.8 Å². The van der Waals surface area contributed by atoms with E-state index in [1.807, 2.05) is 36.6 Å². The lowest BCUT2D eigenvalue weighted by Gasteiger charge is -2.06. The van der Waals surface area contributed by atoms with Gasteiger partial charge in [-0.2, -0.15) is 0 Å². The van der Waals surface area contributed by atoms with Crippen LogP contribution in [0.1, 0.15) is 20.9 Å². The minimum atomic E-state index is -0.213. The zero-order chi connectivity index (χ0) is 17.1. The molecule has 124 valence electrons. The van der Waals surface area contributed by atoms with Gasteiger partial charge < -0.3 is 10.1 Å². The number of ether oxygens (including phenoxy) is 1. The highest BCUT2D eigenvalue weighted by Crippen LogP contribution is 2.22. The van der Waals surface area contributed by atoms with E-state index in [-0.39, 0.29) is 5.91 Å². The zero-order valence-corrected chi connectivity index (χ0v) is 14.6. The Hall–Kier alpha value is -2.67. The topological polar surface area (TPSA) is 69.0 Å². The van der Waals surface area contributed by atoms with Gasteiger partial charge in [0.15, 0.2) is 0 Å². The minimum Gasteiger partial charge on any atom is -0.479 e. The fraction of sp³-hybridized carbons (Fsp3) is 0.235. The highest BCUT2D eigenvalue weighted by Gasteiger charge is 2.16. The molecule has 7 heteroatoms. The summed E-state index contributed by atoms with van der Waals surface area (Å²) in [6.07, 6.45) is 1.64. The van der Waals surface area contributed by atoms with Gasteiger partial charge >= 0.3 is 0 Å². The number of thiazole rings is 1. The van der Waals surface area contributed by atoms with E-state index in [0.717, 1.165) is 21.8 Å². The van der Waals surface area contributed by atoms with Crippen molar-refractivity contribution in [2.45, 2.75) is 13.5 Å². The summed E-state index contributed by atoms with van der Waals surface area (Å²) in [4.78, 5) is 16.8. The van der Waals surface area contributed by atoms with Crippen molar-refractivity contribution < 1.29 is 9.53 Å². The molecule has 1 amide bonds. The molecule has 0 aliphatic rings. The lowest BCUT2D eigenvalue weighted by atomic mass is 10.1. The van der Waals surface area contributed by atoms with Crippen LogP contribution in [0.2, 0.25) is 0 Å². The predicted octanol–water partition coefficient (Wildman–Crippen LogP) is 2.79. The summed E-state index contributed by atoms with van der Waals surface area (Å²) < 4.78 is 6.67. The fourth-order valence-corrected chi connectivity index (χ4v) is 3.01. The van der Waals surface area contributed by atoms with Gasteiger partial charge in [0.2, 0.25) is 5.88 Å². The average molecular weight is 342 g/mol. The van der Waals surface area contributed by atoms with Gasteiger partial charge in [-0.15, -0.1) is 16.4 Å². The number of carbonyl (C=O) groups excluding carboxylic acids is 1. The highest BCUT2D eigenvalue weighted by atomic mass is 32.1. The first-order chi connectivity index (χ1) is 11.6. The number of nitrogens with one attached hydrogen (secondary N) is 1. The molecule has 0 atom stereocenters. The minimum absolute atomic E-state index is 0.213. The average Bonchev–Trinajstić information content (AvgIpc) is 3.18. The monoisotopic (exact) mass is 342 g/mol. The molecule has 2 aromatic heterocycles. The second kappa shape index (κ2) is 6.84.